The zero-order valence-electron chi connectivity index (χ0n) is 12.9. The van der Waals surface area contributed by atoms with Crippen molar-refractivity contribution in [1.82, 2.24) is 14.8 Å². The van der Waals surface area contributed by atoms with E-state index in [1.165, 1.54) is 7.11 Å². The lowest BCUT2D eigenvalue weighted by atomic mass is 10.1. The predicted molar refractivity (Wildman–Crippen MR) is 82.5 cm³/mol. The number of aromatic nitrogens is 3. The summed E-state index contributed by atoms with van der Waals surface area (Å²) in [6.45, 7) is 2.01. The van der Waals surface area contributed by atoms with Crippen molar-refractivity contribution in [3.05, 3.63) is 52.5 Å². The highest BCUT2D eigenvalue weighted by Gasteiger charge is 2.22. The molecule has 3 heterocycles. The van der Waals surface area contributed by atoms with E-state index in [0.717, 1.165) is 18.6 Å². The van der Waals surface area contributed by atoms with Crippen LogP contribution in [-0.4, -0.2) is 27.8 Å². The van der Waals surface area contributed by atoms with Crippen LogP contribution in [0.1, 0.15) is 35.5 Å². The van der Waals surface area contributed by atoms with Crippen molar-refractivity contribution < 1.29 is 13.9 Å². The van der Waals surface area contributed by atoms with Gasteiger partial charge in [-0.3, -0.25) is 4.79 Å². The summed E-state index contributed by atoms with van der Waals surface area (Å²) < 4.78 is 12.0. The van der Waals surface area contributed by atoms with Crippen LogP contribution < -0.4 is 5.56 Å². The van der Waals surface area contributed by atoms with Gasteiger partial charge in [0.1, 0.15) is 17.0 Å². The number of aromatic amines is 1. The average Bonchev–Trinajstić information content (AvgIpc) is 3.21. The maximum atomic E-state index is 11.9. The Kier molecular flexibility index (Phi) is 4.01. The average molecular weight is 315 g/mol. The molecule has 0 aromatic carbocycles. The van der Waals surface area contributed by atoms with E-state index >= 15 is 0 Å². The molecule has 1 atom stereocenters. The van der Waals surface area contributed by atoms with Crippen molar-refractivity contribution in [2.75, 3.05) is 7.11 Å². The number of hydrogen-bond donors (Lipinski definition) is 1. The number of rotatable bonds is 5. The highest BCUT2D eigenvalue weighted by molar-refractivity contribution is 5.95. The molecule has 3 rings (SSSR count). The number of furan rings is 1. The number of nitrogens with zero attached hydrogens (tertiary/aromatic N) is 2. The molecule has 2 aliphatic rings. The van der Waals surface area contributed by atoms with Crippen LogP contribution in [0.4, 0.5) is 0 Å². The summed E-state index contributed by atoms with van der Waals surface area (Å²) in [6.07, 6.45) is 6.59. The van der Waals surface area contributed by atoms with Gasteiger partial charge in [0.05, 0.1) is 18.9 Å². The van der Waals surface area contributed by atoms with Gasteiger partial charge in [-0.2, -0.15) is 5.10 Å². The second kappa shape index (κ2) is 6.12. The number of fused-ring (bicyclic) bond motifs is 1. The largest absolute Gasteiger partial charge is 0.469 e. The highest BCUT2D eigenvalue weighted by atomic mass is 16.5. The minimum absolute atomic E-state index is 0.0715. The van der Waals surface area contributed by atoms with Crippen molar-refractivity contribution in [3.63, 3.8) is 0 Å². The van der Waals surface area contributed by atoms with E-state index < -0.39 is 5.97 Å². The Morgan fingerprint density at radius 3 is 3.00 bits per heavy atom. The third kappa shape index (κ3) is 2.90. The molecule has 7 heteroatoms. The van der Waals surface area contributed by atoms with Crippen LogP contribution in [-0.2, 0) is 11.2 Å². The van der Waals surface area contributed by atoms with E-state index in [2.05, 4.69) is 10.2 Å². The summed E-state index contributed by atoms with van der Waals surface area (Å²) in [6, 6.07) is 3.85. The molecule has 0 bridgehead atoms. The minimum atomic E-state index is -0.519. The Bertz CT molecular complexity index is 832. The van der Waals surface area contributed by atoms with Crippen LogP contribution in [0.2, 0.25) is 0 Å². The van der Waals surface area contributed by atoms with Gasteiger partial charge in [-0.05, 0) is 25.5 Å². The van der Waals surface area contributed by atoms with Gasteiger partial charge in [0.15, 0.2) is 0 Å². The number of esters is 1. The maximum Gasteiger partial charge on any atom is 0.341 e. The number of nitrogens with one attached hydrogen (secondary N) is 1. The molecule has 1 N–H and O–H groups in total. The quantitative estimate of drug-likeness (QED) is 0.729. The molecule has 0 radical (unpaired) electrons. The minimum Gasteiger partial charge on any atom is -0.469 e. The lowest BCUT2D eigenvalue weighted by molar-refractivity contribution is 0.0600. The standard InChI is InChI=1S/C16H17N3O4/c1-10(5-6-11-4-3-7-23-11)19-8-12-14(17-18-15(12)20)13(9-19)16(21)22-2/h3-4,7-10H,5-6H2,1-2H3,(H,18,20). The van der Waals surface area contributed by atoms with Crippen molar-refractivity contribution in [2.45, 2.75) is 25.8 Å². The first-order valence-corrected chi connectivity index (χ1v) is 7.30. The highest BCUT2D eigenvalue weighted by Crippen LogP contribution is 2.24. The molecular weight excluding hydrogens is 298 g/mol. The summed E-state index contributed by atoms with van der Waals surface area (Å²) in [5, 5.41) is 6.28. The molecular formula is C16H17N3O4. The third-order valence-corrected chi connectivity index (χ3v) is 3.88. The van der Waals surface area contributed by atoms with E-state index in [9.17, 15) is 9.59 Å². The van der Waals surface area contributed by atoms with Gasteiger partial charge in [-0.25, -0.2) is 9.89 Å². The fourth-order valence-corrected chi connectivity index (χ4v) is 2.53. The second-order valence-corrected chi connectivity index (χ2v) is 5.39. The molecule has 0 aliphatic carbocycles. The second-order valence-electron chi connectivity index (χ2n) is 5.39. The zero-order chi connectivity index (χ0) is 16.4. The van der Waals surface area contributed by atoms with Crippen LogP contribution in [0.5, 0.6) is 0 Å². The molecule has 0 amide bonds. The van der Waals surface area contributed by atoms with Gasteiger partial charge in [0.2, 0.25) is 0 Å². The molecule has 7 nitrogen and oxygen atoms in total. The Morgan fingerprint density at radius 2 is 2.30 bits per heavy atom. The fraction of sp³-hybridized carbons (Fsp3) is 0.312. The van der Waals surface area contributed by atoms with Crippen molar-refractivity contribution >= 4 is 5.97 Å². The van der Waals surface area contributed by atoms with Gasteiger partial charge in [0.25, 0.3) is 5.56 Å². The molecule has 0 saturated carbocycles. The summed E-state index contributed by atoms with van der Waals surface area (Å²) >= 11 is 0. The number of aryl methyl sites for hydroxylation is 1. The monoisotopic (exact) mass is 315 g/mol. The number of carbonyl (C=O) groups is 1. The Labute approximate surface area is 132 Å². The number of H-pyrrole nitrogens is 1. The number of hydrogen-bond acceptors (Lipinski definition) is 5. The van der Waals surface area contributed by atoms with E-state index in [-0.39, 0.29) is 17.2 Å². The predicted octanol–water partition coefficient (Wildman–Crippen LogP) is 2.25. The van der Waals surface area contributed by atoms with E-state index in [4.69, 9.17) is 9.15 Å². The SMILES string of the molecule is COC(=O)c1cn(C(C)CCc2ccco2)cc2c(=O)[nH]nc1-2. The molecule has 2 aliphatic heterocycles. The van der Waals surface area contributed by atoms with Gasteiger partial charge < -0.3 is 13.7 Å². The smallest absolute Gasteiger partial charge is 0.341 e. The van der Waals surface area contributed by atoms with Gasteiger partial charge >= 0.3 is 5.97 Å². The van der Waals surface area contributed by atoms with Gasteiger partial charge in [-0.1, -0.05) is 0 Å². The van der Waals surface area contributed by atoms with Crippen molar-refractivity contribution in [2.24, 2.45) is 0 Å². The summed E-state index contributed by atoms with van der Waals surface area (Å²) in [7, 11) is 1.30. The van der Waals surface area contributed by atoms with Gasteiger partial charge in [0, 0.05) is 24.9 Å². The lowest BCUT2D eigenvalue weighted by Crippen LogP contribution is -2.14. The first kappa shape index (κ1) is 15.1. The normalized spacial score (nSPS) is 12.4. The van der Waals surface area contributed by atoms with Crippen molar-refractivity contribution in [1.29, 1.82) is 0 Å². The Morgan fingerprint density at radius 1 is 1.48 bits per heavy atom. The Hall–Kier alpha value is -2.83. The third-order valence-electron chi connectivity index (χ3n) is 3.88. The van der Waals surface area contributed by atoms with Crippen molar-refractivity contribution in [3.8, 4) is 11.3 Å². The van der Waals surface area contributed by atoms with E-state index in [0.29, 0.717) is 11.3 Å². The number of pyridine rings is 1. The van der Waals surface area contributed by atoms with E-state index in [1.54, 1.807) is 18.7 Å². The maximum absolute atomic E-state index is 11.9. The topological polar surface area (TPSA) is 90.1 Å². The lowest BCUT2D eigenvalue weighted by Gasteiger charge is -2.18. The molecule has 0 fully saturated rings. The number of ether oxygens (including phenoxy) is 1. The van der Waals surface area contributed by atoms with Crippen LogP contribution >= 0.6 is 0 Å². The van der Waals surface area contributed by atoms with Crippen LogP contribution in [0, 0.1) is 0 Å². The molecule has 0 saturated heterocycles. The summed E-state index contributed by atoms with van der Waals surface area (Å²) in [4.78, 5) is 23.8. The molecule has 1 aromatic heterocycles. The molecule has 23 heavy (non-hydrogen) atoms. The van der Waals surface area contributed by atoms with Crippen LogP contribution in [0.15, 0.2) is 40.0 Å². The van der Waals surface area contributed by atoms with Crippen LogP contribution in [0.25, 0.3) is 11.3 Å². The molecule has 1 unspecified atom stereocenters. The Balaban J connectivity index is 1.93. The first-order valence-electron chi connectivity index (χ1n) is 7.30. The summed E-state index contributed by atoms with van der Waals surface area (Å²) in [5.74, 6) is 0.383. The zero-order valence-corrected chi connectivity index (χ0v) is 12.9. The summed E-state index contributed by atoms with van der Waals surface area (Å²) in [5.41, 5.74) is 0.653. The number of carbonyl (C=O) groups excluding carboxylic acids is 1. The first-order chi connectivity index (χ1) is 11.1. The molecule has 0 spiro atoms. The molecule has 1 aromatic rings. The number of methoxy groups -OCH3 is 1. The van der Waals surface area contributed by atoms with Gasteiger partial charge in [-0.15, -0.1) is 0 Å². The van der Waals surface area contributed by atoms with E-state index in [1.807, 2.05) is 23.6 Å². The fourth-order valence-electron chi connectivity index (χ4n) is 2.53. The molecule has 120 valence electrons. The van der Waals surface area contributed by atoms with Crippen LogP contribution in [0.3, 0.4) is 0 Å².